The number of hydrogen-bond donors (Lipinski definition) is 2. The molecule has 0 atom stereocenters. The summed E-state index contributed by atoms with van der Waals surface area (Å²) in [6.07, 6.45) is 1.60. The third-order valence-corrected chi connectivity index (χ3v) is 3.41. The molecule has 2 aromatic rings. The molecule has 0 unspecified atom stereocenters. The molecule has 0 bridgehead atoms. The standard InChI is InChI=1S/C13H10Br2N2O2/c1-7-4-9(15)6-16-12(7)17-13(19)10-5-8(14)2-3-11(10)18/h2-6,18H,1H3,(H,16,17,19). The van der Waals surface area contributed by atoms with Crippen molar-refractivity contribution in [2.75, 3.05) is 5.32 Å². The summed E-state index contributed by atoms with van der Waals surface area (Å²) in [6.45, 7) is 1.84. The quantitative estimate of drug-likeness (QED) is 0.824. The van der Waals surface area contributed by atoms with Gasteiger partial charge < -0.3 is 10.4 Å². The molecular weight excluding hydrogens is 376 g/mol. The molecule has 2 rings (SSSR count). The minimum atomic E-state index is -0.406. The van der Waals surface area contributed by atoms with E-state index in [-0.39, 0.29) is 11.3 Å². The lowest BCUT2D eigenvalue weighted by Crippen LogP contribution is -2.14. The van der Waals surface area contributed by atoms with Gasteiger partial charge in [0, 0.05) is 15.1 Å². The molecule has 6 heteroatoms. The predicted molar refractivity (Wildman–Crippen MR) is 80.4 cm³/mol. The number of halogens is 2. The van der Waals surface area contributed by atoms with Crippen molar-refractivity contribution >= 4 is 43.6 Å². The monoisotopic (exact) mass is 384 g/mol. The number of carbonyl (C=O) groups excluding carboxylic acids is 1. The van der Waals surface area contributed by atoms with Crippen LogP contribution in [-0.4, -0.2) is 16.0 Å². The van der Waals surface area contributed by atoms with Gasteiger partial charge in [-0.05, 0) is 52.7 Å². The van der Waals surface area contributed by atoms with Crippen LogP contribution in [0.4, 0.5) is 5.82 Å². The Kier molecular flexibility index (Phi) is 4.21. The van der Waals surface area contributed by atoms with Crippen LogP contribution in [-0.2, 0) is 0 Å². The minimum absolute atomic E-state index is 0.0736. The Balaban J connectivity index is 2.28. The molecule has 0 aliphatic carbocycles. The largest absolute Gasteiger partial charge is 0.507 e. The van der Waals surface area contributed by atoms with Crippen LogP contribution in [0.5, 0.6) is 5.75 Å². The Morgan fingerprint density at radius 2 is 2.00 bits per heavy atom. The van der Waals surface area contributed by atoms with Gasteiger partial charge in [0.25, 0.3) is 5.91 Å². The molecule has 0 aliphatic rings. The fourth-order valence-electron chi connectivity index (χ4n) is 1.54. The Labute approximate surface area is 127 Å². The maximum Gasteiger partial charge on any atom is 0.260 e. The number of carbonyl (C=O) groups is 1. The number of aryl methyl sites for hydroxylation is 1. The lowest BCUT2D eigenvalue weighted by atomic mass is 10.2. The first-order chi connectivity index (χ1) is 8.97. The van der Waals surface area contributed by atoms with Gasteiger partial charge in [0.1, 0.15) is 11.6 Å². The molecule has 1 aromatic carbocycles. The zero-order valence-corrected chi connectivity index (χ0v) is 13.1. The molecule has 4 nitrogen and oxygen atoms in total. The molecule has 0 fully saturated rings. The number of benzene rings is 1. The van der Waals surface area contributed by atoms with Crippen LogP contribution in [0.25, 0.3) is 0 Å². The molecule has 0 saturated carbocycles. The van der Waals surface area contributed by atoms with E-state index in [4.69, 9.17) is 0 Å². The Morgan fingerprint density at radius 1 is 1.26 bits per heavy atom. The normalized spacial score (nSPS) is 10.3. The highest BCUT2D eigenvalue weighted by molar-refractivity contribution is 9.10. The van der Waals surface area contributed by atoms with Gasteiger partial charge in [-0.2, -0.15) is 0 Å². The van der Waals surface area contributed by atoms with E-state index in [0.717, 1.165) is 14.5 Å². The van der Waals surface area contributed by atoms with Crippen LogP contribution >= 0.6 is 31.9 Å². The molecule has 0 saturated heterocycles. The summed E-state index contributed by atoms with van der Waals surface area (Å²) in [7, 11) is 0. The van der Waals surface area contributed by atoms with E-state index in [1.807, 2.05) is 13.0 Å². The fourth-order valence-corrected chi connectivity index (χ4v) is 2.34. The second-order valence-electron chi connectivity index (χ2n) is 3.93. The summed E-state index contributed by atoms with van der Waals surface area (Å²) in [4.78, 5) is 16.2. The summed E-state index contributed by atoms with van der Waals surface area (Å²) in [5.74, 6) is -0.0141. The van der Waals surface area contributed by atoms with Crippen molar-refractivity contribution in [3.05, 3.63) is 50.5 Å². The first kappa shape index (κ1) is 14.0. The topological polar surface area (TPSA) is 62.2 Å². The van der Waals surface area contributed by atoms with Crippen LogP contribution in [0.3, 0.4) is 0 Å². The number of hydrogen-bond acceptors (Lipinski definition) is 3. The highest BCUT2D eigenvalue weighted by Crippen LogP contribution is 2.23. The van der Waals surface area contributed by atoms with Gasteiger partial charge in [0.15, 0.2) is 0 Å². The number of rotatable bonds is 2. The van der Waals surface area contributed by atoms with Crippen LogP contribution in [0.1, 0.15) is 15.9 Å². The molecule has 1 heterocycles. The Hall–Kier alpha value is -1.40. The zero-order valence-electron chi connectivity index (χ0n) is 9.95. The average Bonchev–Trinajstić information content (AvgIpc) is 2.35. The Morgan fingerprint density at radius 3 is 2.68 bits per heavy atom. The van der Waals surface area contributed by atoms with Gasteiger partial charge in [-0.25, -0.2) is 4.98 Å². The number of pyridine rings is 1. The van der Waals surface area contributed by atoms with Crippen molar-refractivity contribution in [2.24, 2.45) is 0 Å². The molecule has 1 aromatic heterocycles. The predicted octanol–water partition coefficient (Wildman–Crippen LogP) is 3.87. The van der Waals surface area contributed by atoms with Crippen LogP contribution < -0.4 is 5.32 Å². The minimum Gasteiger partial charge on any atom is -0.507 e. The van der Waals surface area contributed by atoms with Gasteiger partial charge in [-0.15, -0.1) is 0 Å². The van der Waals surface area contributed by atoms with E-state index in [0.29, 0.717) is 5.82 Å². The first-order valence-corrected chi connectivity index (χ1v) is 6.98. The molecule has 0 aliphatic heterocycles. The van der Waals surface area contributed by atoms with Gasteiger partial charge in [0.05, 0.1) is 5.56 Å². The number of aromatic nitrogens is 1. The smallest absolute Gasteiger partial charge is 0.260 e. The van der Waals surface area contributed by atoms with Gasteiger partial charge in [-0.3, -0.25) is 4.79 Å². The van der Waals surface area contributed by atoms with Crippen molar-refractivity contribution < 1.29 is 9.90 Å². The number of anilines is 1. The first-order valence-electron chi connectivity index (χ1n) is 5.39. The van der Waals surface area contributed by atoms with Crippen LogP contribution in [0, 0.1) is 6.92 Å². The summed E-state index contributed by atoms with van der Waals surface area (Å²) < 4.78 is 1.56. The SMILES string of the molecule is Cc1cc(Br)cnc1NC(=O)c1cc(Br)ccc1O. The van der Waals surface area contributed by atoms with E-state index >= 15 is 0 Å². The number of amides is 1. The van der Waals surface area contributed by atoms with E-state index in [9.17, 15) is 9.90 Å². The third-order valence-electron chi connectivity index (χ3n) is 2.48. The van der Waals surface area contributed by atoms with Gasteiger partial charge in [0.2, 0.25) is 0 Å². The van der Waals surface area contributed by atoms with Crippen molar-refractivity contribution in [3.8, 4) is 5.75 Å². The summed E-state index contributed by atoms with van der Waals surface area (Å²) in [5.41, 5.74) is 1.02. The lowest BCUT2D eigenvalue weighted by molar-refractivity contribution is 0.102. The van der Waals surface area contributed by atoms with Crippen molar-refractivity contribution in [1.82, 2.24) is 4.98 Å². The molecule has 0 radical (unpaired) electrons. The summed E-state index contributed by atoms with van der Waals surface area (Å²) in [5, 5.41) is 12.4. The second kappa shape index (κ2) is 5.71. The number of phenols is 1. The van der Waals surface area contributed by atoms with Crippen molar-refractivity contribution in [2.45, 2.75) is 6.92 Å². The van der Waals surface area contributed by atoms with E-state index in [1.54, 1.807) is 18.3 Å². The highest BCUT2D eigenvalue weighted by Gasteiger charge is 2.13. The third kappa shape index (κ3) is 3.33. The molecule has 2 N–H and O–H groups in total. The highest BCUT2D eigenvalue weighted by atomic mass is 79.9. The number of aromatic hydroxyl groups is 1. The van der Waals surface area contributed by atoms with Gasteiger partial charge in [-0.1, -0.05) is 15.9 Å². The molecule has 0 spiro atoms. The second-order valence-corrected chi connectivity index (χ2v) is 5.77. The molecule has 98 valence electrons. The maximum absolute atomic E-state index is 12.1. The number of phenolic OH excluding ortho intramolecular Hbond substituents is 1. The summed E-state index contributed by atoms with van der Waals surface area (Å²) >= 11 is 6.57. The number of nitrogens with one attached hydrogen (secondary N) is 1. The Bertz CT molecular complexity index is 645. The van der Waals surface area contributed by atoms with Crippen molar-refractivity contribution in [1.29, 1.82) is 0 Å². The molecular formula is C13H10Br2N2O2. The van der Waals surface area contributed by atoms with Crippen LogP contribution in [0.15, 0.2) is 39.4 Å². The van der Waals surface area contributed by atoms with E-state index in [1.165, 1.54) is 6.07 Å². The van der Waals surface area contributed by atoms with Crippen LogP contribution in [0.2, 0.25) is 0 Å². The maximum atomic E-state index is 12.1. The van der Waals surface area contributed by atoms with E-state index < -0.39 is 5.91 Å². The molecule has 1 amide bonds. The lowest BCUT2D eigenvalue weighted by Gasteiger charge is -2.09. The van der Waals surface area contributed by atoms with Gasteiger partial charge >= 0.3 is 0 Å². The molecule has 19 heavy (non-hydrogen) atoms. The summed E-state index contributed by atoms with van der Waals surface area (Å²) in [6, 6.07) is 6.53. The number of nitrogens with zero attached hydrogens (tertiary/aromatic N) is 1. The van der Waals surface area contributed by atoms with E-state index in [2.05, 4.69) is 42.2 Å². The fraction of sp³-hybridized carbons (Fsp3) is 0.0769. The van der Waals surface area contributed by atoms with Crippen molar-refractivity contribution in [3.63, 3.8) is 0 Å². The zero-order chi connectivity index (χ0) is 14.0. The average molecular weight is 386 g/mol.